The minimum absolute atomic E-state index is 0. The molecule has 1 aromatic rings. The van der Waals surface area contributed by atoms with E-state index in [1.165, 1.54) is 13.2 Å². The van der Waals surface area contributed by atoms with Crippen LogP contribution in [0.2, 0.25) is 0 Å². The van der Waals surface area contributed by atoms with Crippen LogP contribution in [0.1, 0.15) is 11.3 Å². The van der Waals surface area contributed by atoms with E-state index in [0.29, 0.717) is 12.5 Å². The summed E-state index contributed by atoms with van der Waals surface area (Å²) in [5, 5.41) is 9.31. The summed E-state index contributed by atoms with van der Waals surface area (Å²) in [6.07, 6.45) is -1.12. The molecular weight excluding hydrogens is 418 g/mol. The van der Waals surface area contributed by atoms with Crippen LogP contribution in [0.3, 0.4) is 0 Å². The molecule has 10 heteroatoms. The van der Waals surface area contributed by atoms with Crippen LogP contribution in [0.15, 0.2) is 11.2 Å². The lowest BCUT2D eigenvalue weighted by atomic mass is 10.2. The molecule has 0 aliphatic carbocycles. The Labute approximate surface area is 143 Å². The van der Waals surface area contributed by atoms with E-state index in [-0.39, 0.29) is 36.1 Å². The second-order valence-electron chi connectivity index (χ2n) is 4.02. The predicted octanol–water partition coefficient (Wildman–Crippen LogP) is 2.08. The van der Waals surface area contributed by atoms with Gasteiger partial charge in [-0.1, -0.05) is 0 Å². The molecule has 0 spiro atoms. The van der Waals surface area contributed by atoms with E-state index in [9.17, 15) is 13.2 Å². The molecule has 0 saturated carbocycles. The predicted molar refractivity (Wildman–Crippen MR) is 90.2 cm³/mol. The number of aliphatic imine (C=N–C) groups is 1. The fraction of sp³-hybridized carbons (Fsp3) is 0.636. The molecule has 1 rings (SSSR count). The standard InChI is InChI=1S/C11H18F3N5S.HI/c1-15-10(16-4-5-20-3)17-6-8-7-19(2)18-9(8)11(12,13)14;/h7H,4-6H2,1-3H3,(H2,15,16,17);1H. The Morgan fingerprint density at radius 3 is 2.62 bits per heavy atom. The first-order valence-electron chi connectivity index (χ1n) is 5.91. The third kappa shape index (κ3) is 6.76. The molecule has 0 saturated heterocycles. The maximum atomic E-state index is 12.8. The SMILES string of the molecule is CN=C(NCCSC)NCc1cn(C)nc1C(F)(F)F.I. The lowest BCUT2D eigenvalue weighted by Gasteiger charge is -2.12. The molecule has 0 aliphatic heterocycles. The number of guanidine groups is 1. The van der Waals surface area contributed by atoms with Gasteiger partial charge in [-0.2, -0.15) is 30.0 Å². The van der Waals surface area contributed by atoms with Crippen LogP contribution in [0, 0.1) is 0 Å². The molecule has 0 atom stereocenters. The molecule has 0 radical (unpaired) electrons. The highest BCUT2D eigenvalue weighted by Crippen LogP contribution is 2.30. The molecule has 5 nitrogen and oxygen atoms in total. The summed E-state index contributed by atoms with van der Waals surface area (Å²) in [5.74, 6) is 1.36. The van der Waals surface area contributed by atoms with Crippen LogP contribution in [0.25, 0.3) is 0 Å². The number of halogens is 4. The van der Waals surface area contributed by atoms with Gasteiger partial charge in [-0.3, -0.25) is 9.67 Å². The van der Waals surface area contributed by atoms with Crippen molar-refractivity contribution >= 4 is 41.7 Å². The first kappa shape index (κ1) is 20.3. The molecule has 1 heterocycles. The first-order chi connectivity index (χ1) is 9.38. The van der Waals surface area contributed by atoms with Gasteiger partial charge in [0.05, 0.1) is 0 Å². The van der Waals surface area contributed by atoms with Crippen LogP contribution in [-0.4, -0.2) is 41.3 Å². The van der Waals surface area contributed by atoms with Crippen molar-refractivity contribution in [3.8, 4) is 0 Å². The van der Waals surface area contributed by atoms with E-state index in [1.807, 2.05) is 6.26 Å². The molecule has 21 heavy (non-hydrogen) atoms. The smallest absolute Gasteiger partial charge is 0.356 e. The Morgan fingerprint density at radius 2 is 2.10 bits per heavy atom. The molecule has 0 aromatic carbocycles. The van der Waals surface area contributed by atoms with Gasteiger partial charge in [-0.05, 0) is 6.26 Å². The van der Waals surface area contributed by atoms with Crippen LogP contribution >= 0.6 is 35.7 Å². The highest BCUT2D eigenvalue weighted by molar-refractivity contribution is 14.0. The first-order valence-corrected chi connectivity index (χ1v) is 7.31. The van der Waals surface area contributed by atoms with Crippen molar-refractivity contribution < 1.29 is 13.2 Å². The average Bonchev–Trinajstić information content (AvgIpc) is 2.75. The van der Waals surface area contributed by atoms with Crippen LogP contribution < -0.4 is 10.6 Å². The van der Waals surface area contributed by atoms with Crippen molar-refractivity contribution in [2.45, 2.75) is 12.7 Å². The summed E-state index contributed by atoms with van der Waals surface area (Å²) in [5.41, 5.74) is -0.778. The van der Waals surface area contributed by atoms with Crippen LogP contribution in [-0.2, 0) is 19.8 Å². The average molecular weight is 437 g/mol. The van der Waals surface area contributed by atoms with Crippen LogP contribution in [0.5, 0.6) is 0 Å². The van der Waals surface area contributed by atoms with E-state index < -0.39 is 11.9 Å². The fourth-order valence-electron chi connectivity index (χ4n) is 1.58. The van der Waals surface area contributed by atoms with Crippen molar-refractivity contribution in [1.82, 2.24) is 20.4 Å². The molecule has 0 fully saturated rings. The molecule has 0 bridgehead atoms. The van der Waals surface area contributed by atoms with Crippen molar-refractivity contribution in [1.29, 1.82) is 0 Å². The second-order valence-corrected chi connectivity index (χ2v) is 5.01. The van der Waals surface area contributed by atoms with E-state index in [0.717, 1.165) is 10.4 Å². The number of hydrogen-bond donors (Lipinski definition) is 2. The van der Waals surface area contributed by atoms with Gasteiger partial charge in [0, 0.05) is 44.7 Å². The lowest BCUT2D eigenvalue weighted by Crippen LogP contribution is -2.38. The highest BCUT2D eigenvalue weighted by atomic mass is 127. The van der Waals surface area contributed by atoms with Gasteiger partial charge in [0.2, 0.25) is 0 Å². The molecule has 0 aliphatic rings. The van der Waals surface area contributed by atoms with Crippen molar-refractivity contribution in [2.24, 2.45) is 12.0 Å². The number of alkyl halides is 3. The molecule has 0 unspecified atom stereocenters. The van der Waals surface area contributed by atoms with E-state index >= 15 is 0 Å². The summed E-state index contributed by atoms with van der Waals surface area (Å²) >= 11 is 1.67. The van der Waals surface area contributed by atoms with Gasteiger partial charge >= 0.3 is 6.18 Å². The van der Waals surface area contributed by atoms with Gasteiger partial charge in [-0.15, -0.1) is 24.0 Å². The molecule has 122 valence electrons. The molecule has 1 aromatic heterocycles. The number of nitrogens with zero attached hydrogens (tertiary/aromatic N) is 3. The minimum Gasteiger partial charge on any atom is -0.356 e. The maximum absolute atomic E-state index is 12.8. The van der Waals surface area contributed by atoms with Crippen molar-refractivity contribution in [2.75, 3.05) is 25.6 Å². The van der Waals surface area contributed by atoms with Crippen LogP contribution in [0.4, 0.5) is 13.2 Å². The van der Waals surface area contributed by atoms with E-state index in [2.05, 4.69) is 20.7 Å². The third-order valence-corrected chi connectivity index (χ3v) is 3.05. The van der Waals surface area contributed by atoms with Gasteiger partial charge in [0.1, 0.15) is 0 Å². The third-order valence-electron chi connectivity index (χ3n) is 2.44. The zero-order valence-electron chi connectivity index (χ0n) is 12.0. The normalized spacial score (nSPS) is 12.0. The summed E-state index contributed by atoms with van der Waals surface area (Å²) in [6.45, 7) is 0.710. The molecule has 0 amide bonds. The fourth-order valence-corrected chi connectivity index (χ4v) is 1.88. The number of thioether (sulfide) groups is 1. The number of nitrogens with one attached hydrogen (secondary N) is 2. The summed E-state index contributed by atoms with van der Waals surface area (Å²) < 4.78 is 39.4. The monoisotopic (exact) mass is 437 g/mol. The Morgan fingerprint density at radius 1 is 1.43 bits per heavy atom. The van der Waals surface area contributed by atoms with Gasteiger partial charge in [0.15, 0.2) is 11.7 Å². The summed E-state index contributed by atoms with van der Waals surface area (Å²) in [7, 11) is 3.03. The molecular formula is C11H19F3IN5S. The lowest BCUT2D eigenvalue weighted by molar-refractivity contribution is -0.142. The van der Waals surface area contributed by atoms with E-state index in [1.54, 1.807) is 18.8 Å². The highest BCUT2D eigenvalue weighted by Gasteiger charge is 2.36. The van der Waals surface area contributed by atoms with Gasteiger partial charge < -0.3 is 10.6 Å². The number of aryl methyl sites for hydroxylation is 1. The Hall–Kier alpha value is -0.650. The zero-order chi connectivity index (χ0) is 15.2. The Balaban J connectivity index is 0.00000400. The molecule has 2 N–H and O–H groups in total. The number of rotatable bonds is 5. The van der Waals surface area contributed by atoms with Gasteiger partial charge in [0.25, 0.3) is 0 Å². The van der Waals surface area contributed by atoms with Crippen molar-refractivity contribution in [3.63, 3.8) is 0 Å². The topological polar surface area (TPSA) is 54.2 Å². The quantitative estimate of drug-likeness (QED) is 0.321. The van der Waals surface area contributed by atoms with Crippen molar-refractivity contribution in [3.05, 3.63) is 17.5 Å². The number of aromatic nitrogens is 2. The second kappa shape index (κ2) is 9.38. The minimum atomic E-state index is -4.45. The number of hydrogen-bond acceptors (Lipinski definition) is 3. The largest absolute Gasteiger partial charge is 0.435 e. The maximum Gasteiger partial charge on any atom is 0.435 e. The Bertz CT molecular complexity index is 461. The summed E-state index contributed by atoms with van der Waals surface area (Å²) in [4.78, 5) is 3.95. The Kier molecular flexibility index (Phi) is 9.09. The zero-order valence-corrected chi connectivity index (χ0v) is 15.1. The van der Waals surface area contributed by atoms with E-state index in [4.69, 9.17) is 0 Å². The summed E-state index contributed by atoms with van der Waals surface area (Å²) in [6, 6.07) is 0. The van der Waals surface area contributed by atoms with Gasteiger partial charge in [-0.25, -0.2) is 0 Å².